The molecule has 4 N–H and O–H groups in total. The zero-order valence-corrected chi connectivity index (χ0v) is 22.3. The summed E-state index contributed by atoms with van der Waals surface area (Å²) in [6, 6.07) is 13.7. The summed E-state index contributed by atoms with van der Waals surface area (Å²) in [5, 5.41) is 23.2. The molecule has 0 spiro atoms. The zero-order valence-electron chi connectivity index (χ0n) is 22.3. The summed E-state index contributed by atoms with van der Waals surface area (Å²) in [4.78, 5) is 23.5. The van der Waals surface area contributed by atoms with E-state index in [0.29, 0.717) is 42.2 Å². The summed E-state index contributed by atoms with van der Waals surface area (Å²) >= 11 is 0. The van der Waals surface area contributed by atoms with Crippen LogP contribution in [0.15, 0.2) is 54.9 Å². The standard InChI is InChI=1S/C29H34FN7O3/c30-20-5-3-6-21(15-20)33-28(39)17-22-16-27(36-35-22)34-29-25-10-9-24(18-26(25)31-19-32-29)40-14-4-11-37(12-13-38)23-7-1-2-8-23/h3,5-6,9-10,15-16,18-19,23,38H,1-2,4,7-8,11-14,17H2,(H,33,39)(H2,31,32,34,35,36). The summed E-state index contributed by atoms with van der Waals surface area (Å²) in [5.41, 5.74) is 1.72. The molecular weight excluding hydrogens is 513 g/mol. The lowest BCUT2D eigenvalue weighted by atomic mass is 10.2. The maximum atomic E-state index is 13.4. The van der Waals surface area contributed by atoms with Crippen LogP contribution in [0.4, 0.5) is 21.7 Å². The van der Waals surface area contributed by atoms with Gasteiger partial charge in [0, 0.05) is 48.0 Å². The molecule has 4 aromatic rings. The Bertz CT molecular complexity index is 1420. The van der Waals surface area contributed by atoms with Crippen LogP contribution >= 0.6 is 0 Å². The largest absolute Gasteiger partial charge is 0.493 e. The molecule has 1 amide bonds. The molecule has 0 saturated heterocycles. The molecule has 2 aromatic heterocycles. The molecule has 1 fully saturated rings. The first-order valence-electron chi connectivity index (χ1n) is 13.7. The third-order valence-electron chi connectivity index (χ3n) is 7.03. The molecule has 0 aliphatic heterocycles. The van der Waals surface area contributed by atoms with Crippen molar-refractivity contribution in [3.63, 3.8) is 0 Å². The number of halogens is 1. The normalized spacial score (nSPS) is 13.7. The van der Waals surface area contributed by atoms with Gasteiger partial charge in [-0.25, -0.2) is 14.4 Å². The molecule has 0 atom stereocenters. The Kier molecular flexibility index (Phi) is 9.15. The van der Waals surface area contributed by atoms with Crippen molar-refractivity contribution in [2.45, 2.75) is 44.6 Å². The van der Waals surface area contributed by atoms with E-state index in [-0.39, 0.29) is 18.9 Å². The molecule has 210 valence electrons. The second-order valence-corrected chi connectivity index (χ2v) is 9.94. The molecule has 0 bridgehead atoms. The fraction of sp³-hybridized carbons (Fsp3) is 0.379. The molecule has 1 aliphatic carbocycles. The number of aromatic amines is 1. The van der Waals surface area contributed by atoms with Crippen LogP contribution < -0.4 is 15.4 Å². The number of nitrogens with zero attached hydrogens (tertiary/aromatic N) is 4. The zero-order chi connectivity index (χ0) is 27.7. The maximum absolute atomic E-state index is 13.4. The smallest absolute Gasteiger partial charge is 0.230 e. The number of H-pyrrole nitrogens is 1. The Morgan fingerprint density at radius 1 is 1.12 bits per heavy atom. The Balaban J connectivity index is 1.15. The fourth-order valence-electron chi connectivity index (χ4n) is 5.14. The van der Waals surface area contributed by atoms with E-state index in [4.69, 9.17) is 4.74 Å². The quantitative estimate of drug-likeness (QED) is 0.181. The van der Waals surface area contributed by atoms with Crippen LogP contribution in [0.3, 0.4) is 0 Å². The van der Waals surface area contributed by atoms with E-state index in [1.54, 1.807) is 12.1 Å². The van der Waals surface area contributed by atoms with E-state index < -0.39 is 5.82 Å². The number of anilines is 3. The molecule has 2 aromatic carbocycles. The van der Waals surface area contributed by atoms with Gasteiger partial charge in [0.05, 0.1) is 25.2 Å². The van der Waals surface area contributed by atoms with Gasteiger partial charge in [0.2, 0.25) is 5.91 Å². The Morgan fingerprint density at radius 2 is 2.00 bits per heavy atom. The second kappa shape index (κ2) is 13.3. The highest BCUT2D eigenvalue weighted by atomic mass is 19.1. The third-order valence-corrected chi connectivity index (χ3v) is 7.03. The number of fused-ring (bicyclic) bond motifs is 1. The van der Waals surface area contributed by atoms with Gasteiger partial charge >= 0.3 is 0 Å². The van der Waals surface area contributed by atoms with Gasteiger partial charge in [0.25, 0.3) is 0 Å². The number of hydrogen-bond donors (Lipinski definition) is 4. The predicted octanol–water partition coefficient (Wildman–Crippen LogP) is 4.42. The number of aliphatic hydroxyl groups excluding tert-OH is 1. The van der Waals surface area contributed by atoms with Gasteiger partial charge in [-0.3, -0.25) is 14.8 Å². The van der Waals surface area contributed by atoms with Crippen LogP contribution in [0.2, 0.25) is 0 Å². The molecule has 0 radical (unpaired) electrons. The fourth-order valence-corrected chi connectivity index (χ4v) is 5.14. The minimum Gasteiger partial charge on any atom is -0.493 e. The molecular formula is C29H34FN7O3. The second-order valence-electron chi connectivity index (χ2n) is 9.94. The van der Waals surface area contributed by atoms with E-state index >= 15 is 0 Å². The Morgan fingerprint density at radius 3 is 2.83 bits per heavy atom. The van der Waals surface area contributed by atoms with Gasteiger partial charge in [-0.15, -0.1) is 0 Å². The first-order valence-corrected chi connectivity index (χ1v) is 13.7. The average Bonchev–Trinajstić information content (AvgIpc) is 3.63. The Labute approximate surface area is 232 Å². The molecule has 2 heterocycles. The predicted molar refractivity (Wildman–Crippen MR) is 151 cm³/mol. The highest BCUT2D eigenvalue weighted by molar-refractivity contribution is 5.93. The molecule has 1 saturated carbocycles. The summed E-state index contributed by atoms with van der Waals surface area (Å²) in [6.45, 7) is 2.39. The number of hydrogen-bond acceptors (Lipinski definition) is 8. The van der Waals surface area contributed by atoms with Crippen molar-refractivity contribution in [3.05, 3.63) is 66.4 Å². The van der Waals surface area contributed by atoms with Crippen LogP contribution in [-0.2, 0) is 11.2 Å². The van der Waals surface area contributed by atoms with Crippen molar-refractivity contribution >= 4 is 34.1 Å². The molecule has 11 heteroatoms. The van der Waals surface area contributed by atoms with Crippen molar-refractivity contribution in [2.75, 3.05) is 36.9 Å². The third kappa shape index (κ3) is 7.30. The number of aromatic nitrogens is 4. The molecule has 5 rings (SSSR count). The first kappa shape index (κ1) is 27.5. The van der Waals surface area contributed by atoms with Gasteiger partial charge in [-0.1, -0.05) is 18.9 Å². The summed E-state index contributed by atoms with van der Waals surface area (Å²) in [5.74, 6) is 1.11. The van der Waals surface area contributed by atoms with Gasteiger partial charge in [0.15, 0.2) is 5.82 Å². The molecule has 10 nitrogen and oxygen atoms in total. The van der Waals surface area contributed by atoms with E-state index in [1.807, 2.05) is 18.2 Å². The monoisotopic (exact) mass is 547 g/mol. The van der Waals surface area contributed by atoms with E-state index in [9.17, 15) is 14.3 Å². The van der Waals surface area contributed by atoms with Crippen molar-refractivity contribution in [1.82, 2.24) is 25.1 Å². The van der Waals surface area contributed by atoms with Crippen LogP contribution in [0.5, 0.6) is 5.75 Å². The minimum absolute atomic E-state index is 0.0504. The lowest BCUT2D eigenvalue weighted by Crippen LogP contribution is -2.36. The van der Waals surface area contributed by atoms with Crippen molar-refractivity contribution in [1.29, 1.82) is 0 Å². The number of carbonyl (C=O) groups excluding carboxylic acids is 1. The number of rotatable bonds is 13. The summed E-state index contributed by atoms with van der Waals surface area (Å²) in [7, 11) is 0. The van der Waals surface area contributed by atoms with Crippen LogP contribution in [0.25, 0.3) is 10.9 Å². The van der Waals surface area contributed by atoms with Crippen molar-refractivity contribution in [3.8, 4) is 5.75 Å². The maximum Gasteiger partial charge on any atom is 0.230 e. The van der Waals surface area contributed by atoms with Crippen LogP contribution in [0, 0.1) is 5.82 Å². The summed E-state index contributed by atoms with van der Waals surface area (Å²) < 4.78 is 19.4. The first-order chi connectivity index (χ1) is 19.6. The van der Waals surface area contributed by atoms with Crippen LogP contribution in [-0.4, -0.2) is 68.4 Å². The lowest BCUT2D eigenvalue weighted by molar-refractivity contribution is -0.115. The highest BCUT2D eigenvalue weighted by Crippen LogP contribution is 2.27. The van der Waals surface area contributed by atoms with Gasteiger partial charge in [-0.05, 0) is 49.6 Å². The van der Waals surface area contributed by atoms with Gasteiger partial charge in [0.1, 0.15) is 23.7 Å². The van der Waals surface area contributed by atoms with Crippen LogP contribution in [0.1, 0.15) is 37.8 Å². The Hall–Kier alpha value is -4.09. The lowest BCUT2D eigenvalue weighted by Gasteiger charge is -2.28. The van der Waals surface area contributed by atoms with Crippen molar-refractivity contribution in [2.24, 2.45) is 0 Å². The van der Waals surface area contributed by atoms with E-state index in [2.05, 4.69) is 35.7 Å². The van der Waals surface area contributed by atoms with Gasteiger partial charge in [-0.2, -0.15) is 5.10 Å². The topological polar surface area (TPSA) is 128 Å². The molecule has 40 heavy (non-hydrogen) atoms. The SMILES string of the molecule is O=C(Cc1cc(Nc2ncnc3cc(OCCCN(CCO)C4CCCC4)ccc23)n[nH]1)Nc1cccc(F)c1. The van der Waals surface area contributed by atoms with E-state index in [1.165, 1.54) is 50.2 Å². The highest BCUT2D eigenvalue weighted by Gasteiger charge is 2.21. The number of nitrogens with one attached hydrogen (secondary N) is 3. The average molecular weight is 548 g/mol. The van der Waals surface area contributed by atoms with Gasteiger partial charge < -0.3 is 20.5 Å². The molecule has 1 aliphatic rings. The van der Waals surface area contributed by atoms with E-state index in [0.717, 1.165) is 29.6 Å². The summed E-state index contributed by atoms with van der Waals surface area (Å²) in [6.07, 6.45) is 7.38. The number of ether oxygens (including phenoxy) is 1. The number of benzene rings is 2. The number of carbonyl (C=O) groups is 1. The number of aliphatic hydroxyl groups is 1. The number of amides is 1. The minimum atomic E-state index is -0.415. The molecule has 0 unspecified atom stereocenters. The van der Waals surface area contributed by atoms with Crippen molar-refractivity contribution < 1.29 is 19.0 Å².